The first-order valence-electron chi connectivity index (χ1n) is 4.43. The highest BCUT2D eigenvalue weighted by Crippen LogP contribution is 2.18. The van der Waals surface area contributed by atoms with E-state index in [0.29, 0.717) is 5.76 Å². The molecule has 0 unspecified atom stereocenters. The Balaban J connectivity index is 2.61. The summed E-state index contributed by atoms with van der Waals surface area (Å²) in [7, 11) is 0. The third kappa shape index (κ3) is 3.84. The molecule has 0 spiro atoms. The highest BCUT2D eigenvalue weighted by Gasteiger charge is 2.18. The summed E-state index contributed by atoms with van der Waals surface area (Å²) in [5, 5.41) is 0. The summed E-state index contributed by atoms with van der Waals surface area (Å²) in [6.07, 6.45) is 0.779. The molecule has 1 atom stereocenters. The van der Waals surface area contributed by atoms with Crippen LogP contribution in [0.4, 0.5) is 0 Å². The van der Waals surface area contributed by atoms with Crippen LogP contribution in [0.5, 0.6) is 0 Å². The molecular weight excluding hydrogens is 200 g/mol. The number of esters is 2. The van der Waals surface area contributed by atoms with Crippen LogP contribution >= 0.6 is 0 Å². The fourth-order valence-corrected chi connectivity index (χ4v) is 1.04. The van der Waals surface area contributed by atoms with Gasteiger partial charge >= 0.3 is 11.9 Å². The van der Waals surface area contributed by atoms with Gasteiger partial charge in [0.15, 0.2) is 6.10 Å². The van der Waals surface area contributed by atoms with Crippen molar-refractivity contribution in [2.75, 3.05) is 6.61 Å². The Bertz CT molecular complexity index is 328. The second kappa shape index (κ2) is 5.19. The molecule has 0 aliphatic rings. The first-order valence-corrected chi connectivity index (χ1v) is 4.43. The third-order valence-corrected chi connectivity index (χ3v) is 1.61. The maximum Gasteiger partial charge on any atom is 0.303 e. The number of ether oxygens (including phenoxy) is 2. The van der Waals surface area contributed by atoms with Gasteiger partial charge in [0.2, 0.25) is 0 Å². The van der Waals surface area contributed by atoms with Crippen molar-refractivity contribution in [1.82, 2.24) is 0 Å². The molecule has 0 saturated carbocycles. The average molecular weight is 212 g/mol. The second-order valence-electron chi connectivity index (χ2n) is 2.92. The average Bonchev–Trinajstić information content (AvgIpc) is 2.63. The molecule has 0 N–H and O–H groups in total. The van der Waals surface area contributed by atoms with Crippen molar-refractivity contribution < 1.29 is 23.5 Å². The van der Waals surface area contributed by atoms with E-state index in [1.807, 2.05) is 0 Å². The number of carbonyl (C=O) groups excluding carboxylic acids is 2. The van der Waals surface area contributed by atoms with Crippen LogP contribution in [-0.4, -0.2) is 18.5 Å². The Labute approximate surface area is 87.0 Å². The SMILES string of the molecule is CC(=O)OC[C@@H](OC(C)=O)c1ccco1. The van der Waals surface area contributed by atoms with E-state index < -0.39 is 18.0 Å². The molecule has 15 heavy (non-hydrogen) atoms. The van der Waals surface area contributed by atoms with Crippen LogP contribution in [-0.2, 0) is 19.1 Å². The van der Waals surface area contributed by atoms with Crippen molar-refractivity contribution in [3.05, 3.63) is 24.2 Å². The lowest BCUT2D eigenvalue weighted by molar-refractivity contribution is -0.157. The van der Waals surface area contributed by atoms with Crippen molar-refractivity contribution in [3.63, 3.8) is 0 Å². The third-order valence-electron chi connectivity index (χ3n) is 1.61. The van der Waals surface area contributed by atoms with E-state index in [-0.39, 0.29) is 6.61 Å². The Morgan fingerprint density at radius 3 is 2.60 bits per heavy atom. The summed E-state index contributed by atoms with van der Waals surface area (Å²) in [6, 6.07) is 3.32. The van der Waals surface area contributed by atoms with Crippen LogP contribution in [0.2, 0.25) is 0 Å². The molecule has 1 heterocycles. The first kappa shape index (κ1) is 11.3. The molecular formula is C10H12O5. The highest BCUT2D eigenvalue weighted by molar-refractivity contribution is 5.67. The normalized spacial score (nSPS) is 11.9. The first-order chi connectivity index (χ1) is 7.09. The summed E-state index contributed by atoms with van der Waals surface area (Å²) >= 11 is 0. The van der Waals surface area contributed by atoms with Crippen LogP contribution in [0.3, 0.4) is 0 Å². The molecule has 0 fully saturated rings. The molecule has 1 aromatic heterocycles. The van der Waals surface area contributed by atoms with Gasteiger partial charge < -0.3 is 13.9 Å². The van der Waals surface area contributed by atoms with Gasteiger partial charge in [-0.1, -0.05) is 0 Å². The lowest BCUT2D eigenvalue weighted by Gasteiger charge is -2.13. The molecule has 0 aromatic carbocycles. The number of carbonyl (C=O) groups is 2. The summed E-state index contributed by atoms with van der Waals surface area (Å²) in [6.45, 7) is 2.53. The summed E-state index contributed by atoms with van der Waals surface area (Å²) in [4.78, 5) is 21.4. The maximum absolute atomic E-state index is 10.8. The summed E-state index contributed by atoms with van der Waals surface area (Å²) in [5.41, 5.74) is 0. The Morgan fingerprint density at radius 1 is 1.40 bits per heavy atom. The largest absolute Gasteiger partial charge is 0.465 e. The van der Waals surface area contributed by atoms with E-state index in [4.69, 9.17) is 13.9 Å². The van der Waals surface area contributed by atoms with Crippen molar-refractivity contribution in [2.45, 2.75) is 20.0 Å². The fourth-order valence-electron chi connectivity index (χ4n) is 1.04. The lowest BCUT2D eigenvalue weighted by atomic mass is 10.3. The minimum Gasteiger partial charge on any atom is -0.465 e. The van der Waals surface area contributed by atoms with E-state index in [1.54, 1.807) is 12.1 Å². The van der Waals surface area contributed by atoms with E-state index >= 15 is 0 Å². The van der Waals surface area contributed by atoms with E-state index in [9.17, 15) is 9.59 Å². The van der Waals surface area contributed by atoms with Crippen molar-refractivity contribution in [3.8, 4) is 0 Å². The maximum atomic E-state index is 10.8. The molecule has 0 aliphatic carbocycles. The van der Waals surface area contributed by atoms with E-state index in [0.717, 1.165) is 0 Å². The molecule has 5 nitrogen and oxygen atoms in total. The molecule has 0 saturated heterocycles. The number of rotatable bonds is 4. The van der Waals surface area contributed by atoms with Crippen molar-refractivity contribution in [2.24, 2.45) is 0 Å². The zero-order valence-corrected chi connectivity index (χ0v) is 8.56. The molecule has 5 heteroatoms. The topological polar surface area (TPSA) is 65.7 Å². The highest BCUT2D eigenvalue weighted by atomic mass is 16.6. The minimum absolute atomic E-state index is 0.0393. The smallest absolute Gasteiger partial charge is 0.303 e. The predicted octanol–water partition coefficient (Wildman–Crippen LogP) is 1.45. The minimum atomic E-state index is -0.679. The zero-order valence-electron chi connectivity index (χ0n) is 8.56. The van der Waals surface area contributed by atoms with Gasteiger partial charge in [0.1, 0.15) is 12.4 Å². The van der Waals surface area contributed by atoms with Gasteiger partial charge in [0, 0.05) is 13.8 Å². The molecule has 1 rings (SSSR count). The number of hydrogen-bond acceptors (Lipinski definition) is 5. The molecule has 0 radical (unpaired) electrons. The lowest BCUT2D eigenvalue weighted by Crippen LogP contribution is -2.15. The van der Waals surface area contributed by atoms with E-state index in [1.165, 1.54) is 20.1 Å². The van der Waals surface area contributed by atoms with Crippen LogP contribution in [0.25, 0.3) is 0 Å². The standard InChI is InChI=1S/C10H12O5/c1-7(11)14-6-10(15-8(2)12)9-4-3-5-13-9/h3-5,10H,6H2,1-2H3/t10-/m1/s1. The van der Waals surface area contributed by atoms with Crippen LogP contribution in [0.15, 0.2) is 22.8 Å². The summed E-state index contributed by atoms with van der Waals surface area (Å²) < 4.78 is 14.7. The van der Waals surface area contributed by atoms with Gasteiger partial charge in [-0.05, 0) is 12.1 Å². The Hall–Kier alpha value is -1.78. The van der Waals surface area contributed by atoms with Crippen molar-refractivity contribution >= 4 is 11.9 Å². The monoisotopic (exact) mass is 212 g/mol. The van der Waals surface area contributed by atoms with Gasteiger partial charge in [-0.15, -0.1) is 0 Å². The predicted molar refractivity (Wildman–Crippen MR) is 49.8 cm³/mol. The molecule has 0 amide bonds. The van der Waals surface area contributed by atoms with Gasteiger partial charge in [0.25, 0.3) is 0 Å². The Kier molecular flexibility index (Phi) is 3.91. The second-order valence-corrected chi connectivity index (χ2v) is 2.92. The van der Waals surface area contributed by atoms with Gasteiger partial charge in [-0.2, -0.15) is 0 Å². The molecule has 0 aliphatic heterocycles. The Morgan fingerprint density at radius 2 is 2.13 bits per heavy atom. The fraction of sp³-hybridized carbons (Fsp3) is 0.400. The molecule has 82 valence electrons. The summed E-state index contributed by atoms with van der Waals surface area (Å²) in [5.74, 6) is -0.436. The molecule has 0 bridgehead atoms. The van der Waals surface area contributed by atoms with E-state index in [2.05, 4.69) is 0 Å². The van der Waals surface area contributed by atoms with Gasteiger partial charge in [0.05, 0.1) is 6.26 Å². The number of hydrogen-bond donors (Lipinski definition) is 0. The van der Waals surface area contributed by atoms with Crippen LogP contribution < -0.4 is 0 Å². The zero-order chi connectivity index (χ0) is 11.3. The quantitative estimate of drug-likeness (QED) is 0.706. The van der Waals surface area contributed by atoms with Crippen molar-refractivity contribution in [1.29, 1.82) is 0 Å². The number of furan rings is 1. The van der Waals surface area contributed by atoms with Gasteiger partial charge in [-0.25, -0.2) is 0 Å². The van der Waals surface area contributed by atoms with Crippen LogP contribution in [0, 0.1) is 0 Å². The van der Waals surface area contributed by atoms with Crippen LogP contribution in [0.1, 0.15) is 25.7 Å². The van der Waals surface area contributed by atoms with Gasteiger partial charge in [-0.3, -0.25) is 9.59 Å². The molecule has 1 aromatic rings.